The molecule has 3 saturated heterocycles. The molecule has 0 aromatic heterocycles. The maximum Gasteiger partial charge on any atom is 0.317 e. The zero-order valence-corrected chi connectivity index (χ0v) is 18.5. The van der Waals surface area contributed by atoms with Crippen LogP contribution in [-0.4, -0.2) is 67.5 Å². The molecule has 0 saturated carbocycles. The number of esters is 2. The molecule has 2 bridgehead atoms. The second-order valence-corrected chi connectivity index (χ2v) is 9.47. The first-order valence-corrected chi connectivity index (χ1v) is 11.3. The van der Waals surface area contributed by atoms with Crippen LogP contribution < -0.4 is 0 Å². The molecule has 0 spiro atoms. The van der Waals surface area contributed by atoms with Crippen LogP contribution in [0.15, 0.2) is 30.3 Å². The molecule has 1 aromatic rings. The van der Waals surface area contributed by atoms with Crippen molar-refractivity contribution in [2.75, 3.05) is 20.7 Å². The minimum atomic E-state index is -0.600. The van der Waals surface area contributed by atoms with Crippen molar-refractivity contribution >= 4 is 11.9 Å². The Morgan fingerprint density at radius 1 is 1.03 bits per heavy atom. The Morgan fingerprint density at radius 3 is 2.20 bits per heavy atom. The fourth-order valence-corrected chi connectivity index (χ4v) is 5.44. The van der Waals surface area contributed by atoms with Crippen LogP contribution in [0.3, 0.4) is 0 Å². The first kappa shape index (κ1) is 21.3. The van der Waals surface area contributed by atoms with Gasteiger partial charge in [-0.1, -0.05) is 44.2 Å². The molecule has 164 valence electrons. The van der Waals surface area contributed by atoms with E-state index in [1.807, 2.05) is 44.2 Å². The lowest BCUT2D eigenvalue weighted by Crippen LogP contribution is -2.60. The summed E-state index contributed by atoms with van der Waals surface area (Å²) in [5.74, 6) is -1.26. The van der Waals surface area contributed by atoms with Gasteiger partial charge in [0.25, 0.3) is 0 Å². The number of carbonyl (C=O) groups is 2. The molecular formula is C24H34NO5+. The third kappa shape index (κ3) is 3.87. The number of rotatable bonds is 8. The minimum Gasteiger partial charge on any atom is -0.464 e. The monoisotopic (exact) mass is 416 g/mol. The molecule has 4 rings (SSSR count). The average molecular weight is 417 g/mol. The standard InChI is InChI=1S/C24H34NO5/c1-5-15(6-2)23(26)28-14-18(16-10-8-7-9-11-16)24(27)29-17-12-19-21-22(30-21)20(13-17)25(19,3)4/h7-11,15,17-22H,5-6,12-14H2,1-4H3/q+1/t17?,18-,19-,20-,21-,22+/m1/s1. The first-order valence-electron chi connectivity index (χ1n) is 11.3. The van der Waals surface area contributed by atoms with Gasteiger partial charge in [-0.3, -0.25) is 9.59 Å². The normalized spacial score (nSPS) is 31.7. The smallest absolute Gasteiger partial charge is 0.317 e. The molecule has 3 heterocycles. The first-order chi connectivity index (χ1) is 14.4. The second kappa shape index (κ2) is 8.31. The van der Waals surface area contributed by atoms with Crippen molar-refractivity contribution in [3.8, 4) is 0 Å². The molecule has 3 fully saturated rings. The van der Waals surface area contributed by atoms with E-state index in [-0.39, 0.29) is 30.6 Å². The van der Waals surface area contributed by atoms with Gasteiger partial charge in [-0.2, -0.15) is 0 Å². The largest absolute Gasteiger partial charge is 0.464 e. The van der Waals surface area contributed by atoms with Gasteiger partial charge in [0.1, 0.15) is 42.9 Å². The van der Waals surface area contributed by atoms with Gasteiger partial charge in [0.15, 0.2) is 0 Å². The summed E-state index contributed by atoms with van der Waals surface area (Å²) < 4.78 is 18.3. The van der Waals surface area contributed by atoms with Gasteiger partial charge in [-0.05, 0) is 18.4 Å². The zero-order valence-electron chi connectivity index (χ0n) is 18.5. The number of ether oxygens (including phenoxy) is 3. The Labute approximate surface area is 179 Å². The predicted molar refractivity (Wildman–Crippen MR) is 112 cm³/mol. The molecule has 6 atom stereocenters. The molecule has 30 heavy (non-hydrogen) atoms. The summed E-state index contributed by atoms with van der Waals surface area (Å²) in [5, 5.41) is 0. The van der Waals surface area contributed by atoms with E-state index in [0.29, 0.717) is 24.3 Å². The van der Waals surface area contributed by atoms with E-state index >= 15 is 0 Å². The van der Waals surface area contributed by atoms with Crippen molar-refractivity contribution in [2.45, 2.75) is 75.8 Å². The number of likely N-dealkylation sites (N-methyl/N-ethyl adjacent to an activating group) is 1. The second-order valence-electron chi connectivity index (χ2n) is 9.47. The Hall–Kier alpha value is -1.92. The van der Waals surface area contributed by atoms with E-state index in [1.54, 1.807) is 0 Å². The van der Waals surface area contributed by atoms with Crippen LogP contribution in [0.5, 0.6) is 0 Å². The number of quaternary nitrogens is 1. The van der Waals surface area contributed by atoms with Crippen molar-refractivity contribution in [1.82, 2.24) is 0 Å². The molecule has 6 nitrogen and oxygen atoms in total. The summed E-state index contributed by atoms with van der Waals surface area (Å²) in [6, 6.07) is 10.2. The summed E-state index contributed by atoms with van der Waals surface area (Å²) in [7, 11) is 4.51. The van der Waals surface area contributed by atoms with E-state index in [9.17, 15) is 9.59 Å². The van der Waals surface area contributed by atoms with Crippen LogP contribution in [-0.2, 0) is 23.8 Å². The molecule has 1 aromatic carbocycles. The van der Waals surface area contributed by atoms with Gasteiger partial charge in [-0.25, -0.2) is 0 Å². The third-order valence-electron chi connectivity index (χ3n) is 7.52. The van der Waals surface area contributed by atoms with Crippen LogP contribution in [0.25, 0.3) is 0 Å². The van der Waals surface area contributed by atoms with Crippen LogP contribution in [0.4, 0.5) is 0 Å². The fraction of sp³-hybridized carbons (Fsp3) is 0.667. The average Bonchev–Trinajstić information content (AvgIpc) is 3.48. The highest BCUT2D eigenvalue weighted by Gasteiger charge is 2.70. The third-order valence-corrected chi connectivity index (χ3v) is 7.52. The number of morpholine rings is 1. The van der Waals surface area contributed by atoms with Gasteiger partial charge in [0.05, 0.1) is 20.0 Å². The Morgan fingerprint density at radius 2 is 1.63 bits per heavy atom. The minimum absolute atomic E-state index is 0.0215. The highest BCUT2D eigenvalue weighted by molar-refractivity contribution is 5.79. The lowest BCUT2D eigenvalue weighted by molar-refractivity contribution is -0.938. The van der Waals surface area contributed by atoms with E-state index < -0.39 is 5.92 Å². The SMILES string of the molecule is CCC(CC)C(=O)OC[C@@H](C(=O)OC1C[C@@H]2[C@@H]3O[C@@H]3[C@@H](C1)[N+]2(C)C)c1ccccc1. The van der Waals surface area contributed by atoms with Gasteiger partial charge < -0.3 is 18.7 Å². The number of fused-ring (bicyclic) bond motifs is 5. The number of piperidine rings is 1. The number of carbonyl (C=O) groups excluding carboxylic acids is 2. The molecule has 0 radical (unpaired) electrons. The maximum absolute atomic E-state index is 13.2. The molecular weight excluding hydrogens is 382 g/mol. The summed E-state index contributed by atoms with van der Waals surface area (Å²) in [5.41, 5.74) is 0.820. The molecule has 0 N–H and O–H groups in total. The molecule has 6 heteroatoms. The van der Waals surface area contributed by atoms with Crippen molar-refractivity contribution in [2.24, 2.45) is 5.92 Å². The molecule has 3 aliphatic rings. The van der Waals surface area contributed by atoms with Gasteiger partial charge in [0.2, 0.25) is 0 Å². The summed E-state index contributed by atoms with van der Waals surface area (Å²) in [6.45, 7) is 3.97. The van der Waals surface area contributed by atoms with Crippen molar-refractivity contribution in [3.63, 3.8) is 0 Å². The lowest BCUT2D eigenvalue weighted by atomic mass is 9.95. The van der Waals surface area contributed by atoms with Crippen molar-refractivity contribution < 1.29 is 28.3 Å². The van der Waals surface area contributed by atoms with E-state index in [2.05, 4.69) is 14.1 Å². The summed E-state index contributed by atoms with van der Waals surface area (Å²) in [4.78, 5) is 25.5. The number of benzene rings is 1. The van der Waals surface area contributed by atoms with Gasteiger partial charge in [0, 0.05) is 12.8 Å². The molecule has 1 unspecified atom stereocenters. The van der Waals surface area contributed by atoms with Crippen LogP contribution in [0, 0.1) is 5.92 Å². The number of nitrogens with zero attached hydrogens (tertiary/aromatic N) is 1. The van der Waals surface area contributed by atoms with Gasteiger partial charge >= 0.3 is 11.9 Å². The number of hydrogen-bond donors (Lipinski definition) is 0. The quantitative estimate of drug-likeness (QED) is 0.370. The molecule has 0 amide bonds. The van der Waals surface area contributed by atoms with Crippen LogP contribution in [0.1, 0.15) is 51.0 Å². The Bertz CT molecular complexity index is 755. The van der Waals surface area contributed by atoms with Crippen LogP contribution in [0.2, 0.25) is 0 Å². The molecule has 3 aliphatic heterocycles. The zero-order chi connectivity index (χ0) is 21.5. The highest BCUT2D eigenvalue weighted by atomic mass is 16.6. The maximum atomic E-state index is 13.2. The van der Waals surface area contributed by atoms with Crippen molar-refractivity contribution in [1.29, 1.82) is 0 Å². The summed E-state index contributed by atoms with van der Waals surface area (Å²) in [6.07, 6.45) is 3.66. The fourth-order valence-electron chi connectivity index (χ4n) is 5.44. The van der Waals surface area contributed by atoms with E-state index in [0.717, 1.165) is 35.7 Å². The summed E-state index contributed by atoms with van der Waals surface area (Å²) >= 11 is 0. The van der Waals surface area contributed by atoms with Crippen molar-refractivity contribution in [3.05, 3.63) is 35.9 Å². The van der Waals surface area contributed by atoms with Crippen LogP contribution >= 0.6 is 0 Å². The predicted octanol–water partition coefficient (Wildman–Crippen LogP) is 3.05. The molecule has 0 aliphatic carbocycles. The topological polar surface area (TPSA) is 65.1 Å². The Kier molecular flexibility index (Phi) is 5.90. The Balaban J connectivity index is 1.42. The van der Waals surface area contributed by atoms with E-state index in [1.165, 1.54) is 0 Å². The van der Waals surface area contributed by atoms with Gasteiger partial charge in [-0.15, -0.1) is 0 Å². The number of epoxide rings is 1. The highest BCUT2D eigenvalue weighted by Crippen LogP contribution is 2.51. The lowest BCUT2D eigenvalue weighted by Gasteiger charge is -2.45. The van der Waals surface area contributed by atoms with E-state index in [4.69, 9.17) is 14.2 Å². The number of hydrogen-bond acceptors (Lipinski definition) is 5.